The van der Waals surface area contributed by atoms with Crippen molar-refractivity contribution in [3.05, 3.63) is 17.0 Å². The highest BCUT2D eigenvalue weighted by molar-refractivity contribution is 5.79. The van der Waals surface area contributed by atoms with Crippen molar-refractivity contribution in [3.63, 3.8) is 0 Å². The average Bonchev–Trinajstić information content (AvgIpc) is 3.33. The summed E-state index contributed by atoms with van der Waals surface area (Å²) >= 11 is 0. The lowest BCUT2D eigenvalue weighted by molar-refractivity contribution is -0.140. The van der Waals surface area contributed by atoms with E-state index in [1.807, 2.05) is 32.5 Å². The van der Waals surface area contributed by atoms with Crippen LogP contribution in [0.2, 0.25) is 0 Å². The molecule has 1 heterocycles. The Morgan fingerprint density at radius 2 is 2.00 bits per heavy atom. The molecule has 3 rings (SSSR count). The number of amides is 1. The molecule has 0 aromatic carbocycles. The van der Waals surface area contributed by atoms with Crippen LogP contribution in [0.5, 0.6) is 0 Å². The average molecular weight is 377 g/mol. The van der Waals surface area contributed by atoms with Crippen molar-refractivity contribution in [2.24, 2.45) is 18.9 Å². The molecule has 1 atom stereocenters. The van der Waals surface area contributed by atoms with Gasteiger partial charge in [-0.1, -0.05) is 6.92 Å². The van der Waals surface area contributed by atoms with Crippen LogP contribution < -0.4 is 5.32 Å². The molecule has 2 fully saturated rings. The Morgan fingerprint density at radius 1 is 1.33 bits per heavy atom. The van der Waals surface area contributed by atoms with Gasteiger partial charge in [-0.15, -0.1) is 0 Å². The summed E-state index contributed by atoms with van der Waals surface area (Å²) in [7, 11) is 1.93. The van der Waals surface area contributed by atoms with E-state index in [1.165, 1.54) is 12.8 Å². The van der Waals surface area contributed by atoms with Gasteiger partial charge in [0, 0.05) is 37.3 Å². The zero-order chi connectivity index (χ0) is 19.7. The van der Waals surface area contributed by atoms with Crippen molar-refractivity contribution in [3.8, 4) is 0 Å². The van der Waals surface area contributed by atoms with E-state index >= 15 is 0 Å². The summed E-state index contributed by atoms with van der Waals surface area (Å²) in [6.45, 7) is 6.97. The van der Waals surface area contributed by atoms with Gasteiger partial charge in [0.05, 0.1) is 12.2 Å². The number of aliphatic carboxylic acids is 1. The second-order valence-electron chi connectivity index (χ2n) is 8.48. The van der Waals surface area contributed by atoms with Crippen LogP contribution in [0, 0.1) is 25.7 Å². The zero-order valence-corrected chi connectivity index (χ0v) is 16.9. The van der Waals surface area contributed by atoms with E-state index in [0.717, 1.165) is 36.3 Å². The molecule has 7 heteroatoms. The summed E-state index contributed by atoms with van der Waals surface area (Å²) in [6.07, 6.45) is 4.83. The summed E-state index contributed by atoms with van der Waals surface area (Å²) in [5, 5.41) is 16.7. The molecule has 1 amide bonds. The number of carbonyl (C=O) groups excluding carboxylic acids is 1. The van der Waals surface area contributed by atoms with Crippen LogP contribution in [0.15, 0.2) is 0 Å². The molecule has 2 aliphatic carbocycles. The number of rotatable bonds is 9. The molecule has 2 saturated carbocycles. The first-order valence-corrected chi connectivity index (χ1v) is 9.99. The third-order valence-corrected chi connectivity index (χ3v) is 6.12. The lowest BCUT2D eigenvalue weighted by Crippen LogP contribution is -2.56. The first kappa shape index (κ1) is 19.9. The van der Waals surface area contributed by atoms with Gasteiger partial charge in [-0.05, 0) is 57.4 Å². The summed E-state index contributed by atoms with van der Waals surface area (Å²) in [4.78, 5) is 25.8. The summed E-state index contributed by atoms with van der Waals surface area (Å²) in [5.41, 5.74) is 3.26. The minimum atomic E-state index is -0.765. The number of nitrogens with one attached hydrogen (secondary N) is 1. The standard InChI is InChI=1S/C20H32N4O3/c1-12(7-18-13(2)22-23(4)14(18)3)20(27)21-16-8-17(9-16)24(11-19(25)26)10-15-5-6-15/h12,15-17H,5-11H2,1-4H3,(H,21,27)(H,25,26). The first-order chi connectivity index (χ1) is 12.7. The molecule has 0 aliphatic heterocycles. The minimum Gasteiger partial charge on any atom is -0.480 e. The molecule has 1 unspecified atom stereocenters. The van der Waals surface area contributed by atoms with Gasteiger partial charge in [0.2, 0.25) is 5.91 Å². The fourth-order valence-corrected chi connectivity index (χ4v) is 4.01. The number of carboxylic acid groups (broad SMARTS) is 1. The van der Waals surface area contributed by atoms with E-state index in [2.05, 4.69) is 15.3 Å². The largest absolute Gasteiger partial charge is 0.480 e. The van der Waals surface area contributed by atoms with Crippen molar-refractivity contribution < 1.29 is 14.7 Å². The Labute approximate surface area is 161 Å². The number of aromatic nitrogens is 2. The molecule has 0 spiro atoms. The maximum Gasteiger partial charge on any atom is 0.317 e. The summed E-state index contributed by atoms with van der Waals surface area (Å²) in [6, 6.07) is 0.446. The van der Waals surface area contributed by atoms with Crippen LogP contribution in [0.1, 0.15) is 49.6 Å². The van der Waals surface area contributed by atoms with Gasteiger partial charge in [0.1, 0.15) is 0 Å². The van der Waals surface area contributed by atoms with Crippen LogP contribution in [0.3, 0.4) is 0 Å². The molecule has 0 radical (unpaired) electrons. The fourth-order valence-electron chi connectivity index (χ4n) is 4.01. The molecule has 7 nitrogen and oxygen atoms in total. The van der Waals surface area contributed by atoms with Crippen LogP contribution in [0.25, 0.3) is 0 Å². The quantitative estimate of drug-likeness (QED) is 0.684. The van der Waals surface area contributed by atoms with E-state index in [9.17, 15) is 9.59 Å². The van der Waals surface area contributed by atoms with Gasteiger partial charge in [0.25, 0.3) is 0 Å². The third kappa shape index (κ3) is 4.89. The smallest absolute Gasteiger partial charge is 0.317 e. The predicted octanol–water partition coefficient (Wildman–Crippen LogP) is 1.66. The number of hydrogen-bond donors (Lipinski definition) is 2. The minimum absolute atomic E-state index is 0.0769. The van der Waals surface area contributed by atoms with E-state index in [1.54, 1.807) is 0 Å². The molecule has 150 valence electrons. The van der Waals surface area contributed by atoms with Gasteiger partial charge in [-0.3, -0.25) is 19.2 Å². The van der Waals surface area contributed by atoms with E-state index in [-0.39, 0.29) is 30.5 Å². The fraction of sp³-hybridized carbons (Fsp3) is 0.750. The Morgan fingerprint density at radius 3 is 2.52 bits per heavy atom. The lowest BCUT2D eigenvalue weighted by Gasteiger charge is -2.43. The van der Waals surface area contributed by atoms with Gasteiger partial charge < -0.3 is 10.4 Å². The van der Waals surface area contributed by atoms with Gasteiger partial charge in [0.15, 0.2) is 0 Å². The Kier molecular flexibility index (Phi) is 5.89. The third-order valence-electron chi connectivity index (χ3n) is 6.12. The van der Waals surface area contributed by atoms with E-state index in [4.69, 9.17) is 5.11 Å². The van der Waals surface area contributed by atoms with Gasteiger partial charge in [-0.2, -0.15) is 5.10 Å². The lowest BCUT2D eigenvalue weighted by atomic mass is 9.84. The predicted molar refractivity (Wildman–Crippen MR) is 102 cm³/mol. The second-order valence-corrected chi connectivity index (χ2v) is 8.48. The number of carboxylic acids is 1. The van der Waals surface area contributed by atoms with Crippen molar-refractivity contribution in [2.45, 2.75) is 65.0 Å². The molecule has 2 aliphatic rings. The molecule has 1 aromatic heterocycles. The Bertz CT molecular complexity index is 704. The maximum absolute atomic E-state index is 12.6. The topological polar surface area (TPSA) is 87.5 Å². The Hall–Kier alpha value is -1.89. The monoisotopic (exact) mass is 376 g/mol. The highest BCUT2D eigenvalue weighted by atomic mass is 16.4. The van der Waals surface area contributed by atoms with Crippen LogP contribution in [0.4, 0.5) is 0 Å². The number of aryl methyl sites for hydroxylation is 2. The van der Waals surface area contributed by atoms with Gasteiger partial charge >= 0.3 is 5.97 Å². The zero-order valence-electron chi connectivity index (χ0n) is 16.9. The van der Waals surface area contributed by atoms with Gasteiger partial charge in [-0.25, -0.2) is 0 Å². The maximum atomic E-state index is 12.6. The number of nitrogens with zero attached hydrogens (tertiary/aromatic N) is 3. The summed E-state index contributed by atoms with van der Waals surface area (Å²) in [5.74, 6) is -0.122. The Balaban J connectivity index is 1.46. The number of hydrogen-bond acceptors (Lipinski definition) is 4. The molecular weight excluding hydrogens is 344 g/mol. The molecule has 0 bridgehead atoms. The SMILES string of the molecule is Cc1nn(C)c(C)c1CC(C)C(=O)NC1CC(N(CC(=O)O)CC2CC2)C1. The van der Waals surface area contributed by atoms with Crippen molar-refractivity contribution in [1.82, 2.24) is 20.0 Å². The molecular formula is C20H32N4O3. The van der Waals surface area contributed by atoms with Crippen molar-refractivity contribution in [2.75, 3.05) is 13.1 Å². The normalized spacial score (nSPS) is 23.1. The molecule has 2 N–H and O–H groups in total. The van der Waals surface area contributed by atoms with Crippen molar-refractivity contribution >= 4 is 11.9 Å². The molecule has 0 saturated heterocycles. The second kappa shape index (κ2) is 8.00. The molecule has 1 aromatic rings. The highest BCUT2D eigenvalue weighted by Crippen LogP contribution is 2.33. The molecule has 27 heavy (non-hydrogen) atoms. The van der Waals surface area contributed by atoms with Crippen LogP contribution in [-0.2, 0) is 23.1 Å². The van der Waals surface area contributed by atoms with Crippen molar-refractivity contribution in [1.29, 1.82) is 0 Å². The van der Waals surface area contributed by atoms with E-state index < -0.39 is 5.97 Å². The highest BCUT2D eigenvalue weighted by Gasteiger charge is 2.38. The van der Waals surface area contributed by atoms with Crippen LogP contribution in [-0.4, -0.2) is 56.8 Å². The van der Waals surface area contributed by atoms with E-state index in [0.29, 0.717) is 12.3 Å². The first-order valence-electron chi connectivity index (χ1n) is 9.99. The summed E-state index contributed by atoms with van der Waals surface area (Å²) < 4.78 is 1.86. The van der Waals surface area contributed by atoms with Crippen LogP contribution >= 0.6 is 0 Å². The number of carbonyl (C=O) groups is 2.